The molecule has 0 aromatic heterocycles. The fraction of sp³-hybridized carbons (Fsp3) is 0.900. The molecule has 1 aliphatic rings. The molecule has 1 rings (SSSR count). The summed E-state index contributed by atoms with van der Waals surface area (Å²) in [6, 6.07) is 0.234. The Morgan fingerprint density at radius 1 is 1.73 bits per heavy atom. The van der Waals surface area contributed by atoms with Crippen molar-refractivity contribution in [3.05, 3.63) is 0 Å². The number of carbonyl (C=O) groups excluding carboxylic acids is 1. The number of carbonyl (C=O) groups is 1. The van der Waals surface area contributed by atoms with Crippen LogP contribution in [0.2, 0.25) is 0 Å². The standard InChI is InChI=1S/C10H20N2O3/c1-8(13)11-9-3-4-12(5-9)6-10(14)7-15-2/h9-10,14H,3-7H2,1-2H3,(H,11,13). The van der Waals surface area contributed by atoms with Crippen molar-refractivity contribution >= 4 is 5.91 Å². The summed E-state index contributed by atoms with van der Waals surface area (Å²) in [4.78, 5) is 13.0. The van der Waals surface area contributed by atoms with Crippen LogP contribution in [-0.4, -0.2) is 61.4 Å². The van der Waals surface area contributed by atoms with Gasteiger partial charge in [0.1, 0.15) is 0 Å². The number of nitrogens with one attached hydrogen (secondary N) is 1. The van der Waals surface area contributed by atoms with Crippen LogP contribution in [0.3, 0.4) is 0 Å². The summed E-state index contributed by atoms with van der Waals surface area (Å²) in [5.74, 6) is 0.0132. The van der Waals surface area contributed by atoms with Crippen molar-refractivity contribution in [3.8, 4) is 0 Å². The minimum atomic E-state index is -0.439. The van der Waals surface area contributed by atoms with E-state index in [0.717, 1.165) is 19.5 Å². The third-order valence-corrected chi connectivity index (χ3v) is 2.51. The average Bonchev–Trinajstić information content (AvgIpc) is 2.51. The van der Waals surface area contributed by atoms with E-state index in [1.807, 2.05) is 0 Å². The minimum absolute atomic E-state index is 0.0132. The molecule has 1 fully saturated rings. The Kier molecular flexibility index (Phi) is 5.01. The summed E-state index contributed by atoms with van der Waals surface area (Å²) >= 11 is 0. The van der Waals surface area contributed by atoms with Gasteiger partial charge in [-0.05, 0) is 6.42 Å². The lowest BCUT2D eigenvalue weighted by molar-refractivity contribution is -0.119. The number of methoxy groups -OCH3 is 1. The van der Waals surface area contributed by atoms with E-state index in [9.17, 15) is 9.90 Å². The summed E-state index contributed by atoms with van der Waals surface area (Å²) < 4.78 is 4.86. The van der Waals surface area contributed by atoms with Gasteiger partial charge in [-0.15, -0.1) is 0 Å². The van der Waals surface area contributed by atoms with E-state index in [4.69, 9.17) is 4.74 Å². The summed E-state index contributed by atoms with van der Waals surface area (Å²) in [6.07, 6.45) is 0.519. The molecule has 0 aromatic carbocycles. The third kappa shape index (κ3) is 4.59. The van der Waals surface area contributed by atoms with Gasteiger partial charge in [0, 0.05) is 39.7 Å². The van der Waals surface area contributed by atoms with E-state index < -0.39 is 6.10 Å². The lowest BCUT2D eigenvalue weighted by atomic mass is 10.2. The maximum atomic E-state index is 10.8. The van der Waals surface area contributed by atoms with Crippen LogP contribution >= 0.6 is 0 Å². The SMILES string of the molecule is COCC(O)CN1CCC(NC(C)=O)C1. The molecule has 5 nitrogen and oxygen atoms in total. The van der Waals surface area contributed by atoms with Crippen molar-refractivity contribution in [1.29, 1.82) is 0 Å². The number of hydrogen-bond acceptors (Lipinski definition) is 4. The van der Waals surface area contributed by atoms with Crippen LogP contribution in [0.4, 0.5) is 0 Å². The first-order valence-corrected chi connectivity index (χ1v) is 5.28. The van der Waals surface area contributed by atoms with Crippen LogP contribution in [0.15, 0.2) is 0 Å². The van der Waals surface area contributed by atoms with Crippen LogP contribution in [0.5, 0.6) is 0 Å². The molecule has 0 saturated carbocycles. The molecular weight excluding hydrogens is 196 g/mol. The number of likely N-dealkylation sites (tertiary alicyclic amines) is 1. The molecule has 0 bridgehead atoms. The molecule has 2 atom stereocenters. The maximum absolute atomic E-state index is 10.8. The number of rotatable bonds is 5. The van der Waals surface area contributed by atoms with Gasteiger partial charge in [-0.2, -0.15) is 0 Å². The molecule has 15 heavy (non-hydrogen) atoms. The summed E-state index contributed by atoms with van der Waals surface area (Å²) in [6.45, 7) is 4.25. The van der Waals surface area contributed by atoms with Gasteiger partial charge in [0.2, 0.25) is 5.91 Å². The van der Waals surface area contributed by atoms with Crippen molar-refractivity contribution in [2.45, 2.75) is 25.5 Å². The Bertz CT molecular complexity index is 211. The predicted molar refractivity (Wildman–Crippen MR) is 56.5 cm³/mol. The van der Waals surface area contributed by atoms with Crippen molar-refractivity contribution in [1.82, 2.24) is 10.2 Å². The van der Waals surface area contributed by atoms with Crippen LogP contribution in [0, 0.1) is 0 Å². The molecule has 1 saturated heterocycles. The molecule has 0 aromatic rings. The Morgan fingerprint density at radius 3 is 3.07 bits per heavy atom. The predicted octanol–water partition coefficient (Wildman–Crippen LogP) is -0.796. The fourth-order valence-corrected chi connectivity index (χ4v) is 1.95. The second-order valence-corrected chi connectivity index (χ2v) is 4.05. The summed E-state index contributed by atoms with van der Waals surface area (Å²) in [7, 11) is 1.58. The average molecular weight is 216 g/mol. The normalized spacial score (nSPS) is 24.1. The number of aliphatic hydroxyl groups is 1. The van der Waals surface area contributed by atoms with Crippen LogP contribution in [0.25, 0.3) is 0 Å². The monoisotopic (exact) mass is 216 g/mol. The van der Waals surface area contributed by atoms with E-state index in [1.54, 1.807) is 7.11 Å². The maximum Gasteiger partial charge on any atom is 0.217 e. The zero-order valence-corrected chi connectivity index (χ0v) is 9.40. The summed E-state index contributed by atoms with van der Waals surface area (Å²) in [5.41, 5.74) is 0. The van der Waals surface area contributed by atoms with E-state index in [1.165, 1.54) is 6.92 Å². The number of β-amino-alcohol motifs (C(OH)–C–C–N with tert-alkyl or cyclic N) is 1. The molecule has 0 spiro atoms. The molecule has 0 aliphatic carbocycles. The highest BCUT2D eigenvalue weighted by Crippen LogP contribution is 2.09. The van der Waals surface area contributed by atoms with Crippen molar-refractivity contribution < 1.29 is 14.6 Å². The molecule has 5 heteroatoms. The molecule has 1 heterocycles. The molecule has 2 N–H and O–H groups in total. The largest absolute Gasteiger partial charge is 0.389 e. The van der Waals surface area contributed by atoms with Gasteiger partial charge in [0.25, 0.3) is 0 Å². The van der Waals surface area contributed by atoms with Gasteiger partial charge < -0.3 is 15.2 Å². The smallest absolute Gasteiger partial charge is 0.217 e. The lowest BCUT2D eigenvalue weighted by Crippen LogP contribution is -2.38. The van der Waals surface area contributed by atoms with Crippen molar-refractivity contribution in [2.24, 2.45) is 0 Å². The lowest BCUT2D eigenvalue weighted by Gasteiger charge is -2.19. The first-order chi connectivity index (χ1) is 7.11. The van der Waals surface area contributed by atoms with Gasteiger partial charge in [0.05, 0.1) is 12.7 Å². The Hall–Kier alpha value is -0.650. The van der Waals surface area contributed by atoms with Gasteiger partial charge in [0.15, 0.2) is 0 Å². The Morgan fingerprint density at radius 2 is 2.47 bits per heavy atom. The zero-order valence-electron chi connectivity index (χ0n) is 9.40. The van der Waals surface area contributed by atoms with Crippen LogP contribution < -0.4 is 5.32 Å². The van der Waals surface area contributed by atoms with E-state index in [2.05, 4.69) is 10.2 Å². The molecule has 1 aliphatic heterocycles. The number of amides is 1. The molecule has 0 radical (unpaired) electrons. The second-order valence-electron chi connectivity index (χ2n) is 4.05. The van der Waals surface area contributed by atoms with Crippen LogP contribution in [-0.2, 0) is 9.53 Å². The third-order valence-electron chi connectivity index (χ3n) is 2.51. The summed E-state index contributed by atoms with van der Waals surface area (Å²) in [5, 5.41) is 12.4. The highest BCUT2D eigenvalue weighted by atomic mass is 16.5. The number of nitrogens with zero attached hydrogens (tertiary/aromatic N) is 1. The number of aliphatic hydroxyl groups excluding tert-OH is 1. The highest BCUT2D eigenvalue weighted by Gasteiger charge is 2.24. The zero-order chi connectivity index (χ0) is 11.3. The van der Waals surface area contributed by atoms with Crippen LogP contribution in [0.1, 0.15) is 13.3 Å². The first kappa shape index (κ1) is 12.4. The van der Waals surface area contributed by atoms with Gasteiger partial charge in [-0.1, -0.05) is 0 Å². The molecule has 2 unspecified atom stereocenters. The van der Waals surface area contributed by atoms with Gasteiger partial charge in [-0.3, -0.25) is 9.69 Å². The Balaban J connectivity index is 2.21. The number of hydrogen-bond donors (Lipinski definition) is 2. The quantitative estimate of drug-likeness (QED) is 0.632. The Labute approximate surface area is 90.4 Å². The van der Waals surface area contributed by atoms with Crippen molar-refractivity contribution in [2.75, 3.05) is 33.4 Å². The van der Waals surface area contributed by atoms with E-state index >= 15 is 0 Å². The highest BCUT2D eigenvalue weighted by molar-refractivity contribution is 5.73. The molecule has 1 amide bonds. The van der Waals surface area contributed by atoms with E-state index in [0.29, 0.717) is 13.2 Å². The fourth-order valence-electron chi connectivity index (χ4n) is 1.95. The number of ether oxygens (including phenoxy) is 1. The van der Waals surface area contributed by atoms with Gasteiger partial charge >= 0.3 is 0 Å². The topological polar surface area (TPSA) is 61.8 Å². The minimum Gasteiger partial charge on any atom is -0.389 e. The van der Waals surface area contributed by atoms with Crippen molar-refractivity contribution in [3.63, 3.8) is 0 Å². The second kappa shape index (κ2) is 6.05. The van der Waals surface area contributed by atoms with E-state index in [-0.39, 0.29) is 11.9 Å². The first-order valence-electron chi connectivity index (χ1n) is 5.28. The van der Waals surface area contributed by atoms with Gasteiger partial charge in [-0.25, -0.2) is 0 Å². The molecule has 88 valence electrons. The molecular formula is C10H20N2O3.